The summed E-state index contributed by atoms with van der Waals surface area (Å²) < 4.78 is 12.9. The minimum atomic E-state index is -0.131. The molecule has 0 spiro atoms. The predicted octanol–water partition coefficient (Wildman–Crippen LogP) is 3.04. The monoisotopic (exact) mass is 298 g/mol. The molecule has 20 heavy (non-hydrogen) atoms. The lowest BCUT2D eigenvalue weighted by Crippen LogP contribution is -2.35. The number of likely N-dealkylation sites (tertiary alicyclic amines) is 1. The molecule has 1 atom stereocenters. The first-order valence-corrected chi connectivity index (χ1v) is 7.50. The average molecular weight is 299 g/mol. The van der Waals surface area contributed by atoms with Gasteiger partial charge >= 0.3 is 0 Å². The van der Waals surface area contributed by atoms with Gasteiger partial charge in [0.05, 0.1) is 0 Å². The third-order valence-electron chi connectivity index (χ3n) is 4.59. The highest BCUT2D eigenvalue weighted by Crippen LogP contribution is 2.28. The fourth-order valence-corrected chi connectivity index (χ4v) is 3.43. The maximum atomic E-state index is 12.9. The maximum absolute atomic E-state index is 12.9. The molecule has 2 aliphatic heterocycles. The van der Waals surface area contributed by atoms with Gasteiger partial charge in [0, 0.05) is 13.1 Å². The van der Waals surface area contributed by atoms with Crippen molar-refractivity contribution < 1.29 is 4.39 Å². The molecule has 1 aromatic carbocycles. The number of benzene rings is 1. The molecule has 112 valence electrons. The summed E-state index contributed by atoms with van der Waals surface area (Å²) in [5, 5.41) is 3.43. The van der Waals surface area contributed by atoms with Crippen molar-refractivity contribution in [2.24, 2.45) is 5.92 Å². The Bertz CT molecular complexity index is 403. The van der Waals surface area contributed by atoms with Gasteiger partial charge in [0.15, 0.2) is 0 Å². The fourth-order valence-electron chi connectivity index (χ4n) is 3.43. The van der Waals surface area contributed by atoms with E-state index >= 15 is 0 Å². The second-order valence-electron chi connectivity index (χ2n) is 5.99. The van der Waals surface area contributed by atoms with Crippen LogP contribution in [0.25, 0.3) is 0 Å². The summed E-state index contributed by atoms with van der Waals surface area (Å²) >= 11 is 0. The zero-order valence-corrected chi connectivity index (χ0v) is 12.7. The molecule has 0 amide bonds. The largest absolute Gasteiger partial charge is 0.317 e. The molecule has 3 rings (SSSR count). The van der Waals surface area contributed by atoms with Crippen molar-refractivity contribution in [1.82, 2.24) is 10.2 Å². The van der Waals surface area contributed by atoms with Gasteiger partial charge in [-0.15, -0.1) is 12.4 Å². The van der Waals surface area contributed by atoms with Crippen LogP contribution < -0.4 is 5.32 Å². The number of piperidine rings is 1. The van der Waals surface area contributed by atoms with Crippen molar-refractivity contribution in [3.63, 3.8) is 0 Å². The average Bonchev–Trinajstić information content (AvgIpc) is 2.89. The van der Waals surface area contributed by atoms with Crippen molar-refractivity contribution in [3.05, 3.63) is 35.6 Å². The van der Waals surface area contributed by atoms with E-state index in [-0.39, 0.29) is 18.2 Å². The van der Waals surface area contributed by atoms with E-state index in [9.17, 15) is 4.39 Å². The Labute approximate surface area is 127 Å². The first-order chi connectivity index (χ1) is 9.31. The lowest BCUT2D eigenvalue weighted by Gasteiger charge is -2.27. The van der Waals surface area contributed by atoms with Crippen LogP contribution >= 0.6 is 12.4 Å². The molecular weight excluding hydrogens is 275 g/mol. The third kappa shape index (κ3) is 3.94. The molecule has 2 fully saturated rings. The van der Waals surface area contributed by atoms with Crippen LogP contribution in [0.2, 0.25) is 0 Å². The van der Waals surface area contributed by atoms with Gasteiger partial charge in [-0.25, -0.2) is 4.39 Å². The van der Waals surface area contributed by atoms with Crippen molar-refractivity contribution >= 4 is 12.4 Å². The van der Waals surface area contributed by atoms with Gasteiger partial charge in [0.1, 0.15) is 5.82 Å². The van der Waals surface area contributed by atoms with Crippen LogP contribution in [0.3, 0.4) is 0 Å². The number of nitrogens with zero attached hydrogens (tertiary/aromatic N) is 1. The summed E-state index contributed by atoms with van der Waals surface area (Å²) in [6.07, 6.45) is 3.85. The number of hydrogen-bond acceptors (Lipinski definition) is 2. The highest BCUT2D eigenvalue weighted by atomic mass is 35.5. The minimum absolute atomic E-state index is 0. The van der Waals surface area contributed by atoms with Gasteiger partial charge in [0.25, 0.3) is 0 Å². The molecule has 4 heteroatoms. The van der Waals surface area contributed by atoms with Crippen LogP contribution in [0, 0.1) is 11.7 Å². The molecule has 0 saturated carbocycles. The molecule has 2 aliphatic rings. The highest BCUT2D eigenvalue weighted by molar-refractivity contribution is 5.85. The van der Waals surface area contributed by atoms with Crippen molar-refractivity contribution in [2.45, 2.75) is 25.2 Å². The topological polar surface area (TPSA) is 15.3 Å². The molecule has 1 aromatic rings. The van der Waals surface area contributed by atoms with Gasteiger partial charge in [-0.2, -0.15) is 0 Å². The van der Waals surface area contributed by atoms with Crippen molar-refractivity contribution in [1.29, 1.82) is 0 Å². The SMILES string of the molecule is Cl.Fc1ccc(C2CCN(CC3CCNCC3)C2)cc1. The number of halogens is 2. The van der Waals surface area contributed by atoms with E-state index in [4.69, 9.17) is 0 Å². The lowest BCUT2D eigenvalue weighted by molar-refractivity contribution is 0.239. The Balaban J connectivity index is 0.00000147. The van der Waals surface area contributed by atoms with Crippen LogP contribution in [0.15, 0.2) is 24.3 Å². The molecule has 2 nitrogen and oxygen atoms in total. The van der Waals surface area contributed by atoms with Crippen molar-refractivity contribution in [2.75, 3.05) is 32.7 Å². The van der Waals surface area contributed by atoms with Crippen LogP contribution in [-0.4, -0.2) is 37.6 Å². The standard InChI is InChI=1S/C16H23FN2.ClH/c17-16-3-1-14(2-4-16)15-7-10-19(12-15)11-13-5-8-18-9-6-13;/h1-4,13,15,18H,5-12H2;1H. The van der Waals surface area contributed by atoms with E-state index < -0.39 is 0 Å². The summed E-state index contributed by atoms with van der Waals surface area (Å²) in [7, 11) is 0. The smallest absolute Gasteiger partial charge is 0.123 e. The number of hydrogen-bond donors (Lipinski definition) is 1. The first kappa shape index (κ1) is 15.7. The van der Waals surface area contributed by atoms with Gasteiger partial charge in [0.2, 0.25) is 0 Å². The normalized spacial score (nSPS) is 24.6. The van der Waals surface area contributed by atoms with E-state index in [0.717, 1.165) is 12.5 Å². The van der Waals surface area contributed by atoms with Gasteiger partial charge < -0.3 is 10.2 Å². The summed E-state index contributed by atoms with van der Waals surface area (Å²) in [5.74, 6) is 1.34. The van der Waals surface area contributed by atoms with E-state index in [0.29, 0.717) is 5.92 Å². The summed E-state index contributed by atoms with van der Waals surface area (Å²) in [5.41, 5.74) is 1.30. The van der Waals surface area contributed by atoms with Crippen molar-refractivity contribution in [3.8, 4) is 0 Å². The highest BCUT2D eigenvalue weighted by Gasteiger charge is 2.26. The summed E-state index contributed by atoms with van der Waals surface area (Å²) in [6.45, 7) is 5.96. The molecule has 1 N–H and O–H groups in total. The first-order valence-electron chi connectivity index (χ1n) is 7.50. The maximum Gasteiger partial charge on any atom is 0.123 e. The van der Waals surface area contributed by atoms with Gasteiger partial charge in [-0.1, -0.05) is 12.1 Å². The molecular formula is C16H24ClFN2. The Kier molecular flexibility index (Phi) is 5.82. The summed E-state index contributed by atoms with van der Waals surface area (Å²) in [6, 6.07) is 7.08. The molecule has 2 saturated heterocycles. The van der Waals surface area contributed by atoms with E-state index in [1.807, 2.05) is 12.1 Å². The van der Waals surface area contributed by atoms with Crippen LogP contribution in [0.5, 0.6) is 0 Å². The number of nitrogens with one attached hydrogen (secondary N) is 1. The van der Waals surface area contributed by atoms with Crippen LogP contribution in [-0.2, 0) is 0 Å². The zero-order chi connectivity index (χ0) is 13.1. The quantitative estimate of drug-likeness (QED) is 0.923. The van der Waals surface area contributed by atoms with Gasteiger partial charge in [-0.05, 0) is 68.4 Å². The second kappa shape index (κ2) is 7.39. The molecule has 0 bridgehead atoms. The molecule has 0 aromatic heterocycles. The Hall–Kier alpha value is -0.640. The van der Waals surface area contributed by atoms with E-state index in [1.54, 1.807) is 12.1 Å². The predicted molar refractivity (Wildman–Crippen MR) is 83.0 cm³/mol. The Morgan fingerprint density at radius 2 is 1.80 bits per heavy atom. The van der Waals surface area contributed by atoms with Gasteiger partial charge in [-0.3, -0.25) is 0 Å². The van der Waals surface area contributed by atoms with Crippen LogP contribution in [0.1, 0.15) is 30.7 Å². The molecule has 1 unspecified atom stereocenters. The second-order valence-corrected chi connectivity index (χ2v) is 5.99. The Morgan fingerprint density at radius 1 is 1.10 bits per heavy atom. The molecule has 0 aliphatic carbocycles. The van der Waals surface area contributed by atoms with E-state index in [1.165, 1.54) is 51.0 Å². The fraction of sp³-hybridized carbons (Fsp3) is 0.625. The third-order valence-corrected chi connectivity index (χ3v) is 4.59. The Morgan fingerprint density at radius 3 is 2.50 bits per heavy atom. The molecule has 2 heterocycles. The summed E-state index contributed by atoms with van der Waals surface area (Å²) in [4.78, 5) is 2.60. The van der Waals surface area contributed by atoms with E-state index in [2.05, 4.69) is 10.2 Å². The van der Waals surface area contributed by atoms with Crippen LogP contribution in [0.4, 0.5) is 4.39 Å². The minimum Gasteiger partial charge on any atom is -0.317 e. The lowest BCUT2D eigenvalue weighted by atomic mass is 9.97. The number of rotatable bonds is 3. The molecule has 0 radical (unpaired) electrons. The zero-order valence-electron chi connectivity index (χ0n) is 11.9.